The van der Waals surface area contributed by atoms with Gasteiger partial charge < -0.3 is 0 Å². The zero-order valence-electron chi connectivity index (χ0n) is 12.1. The molecule has 0 aliphatic carbocycles. The average molecular weight is 305 g/mol. The Hall–Kier alpha value is -1.94. The Labute approximate surface area is 128 Å². The molecule has 21 heavy (non-hydrogen) atoms. The molecule has 0 bridgehead atoms. The number of benzene rings is 1. The summed E-state index contributed by atoms with van der Waals surface area (Å²) in [5.41, 5.74) is 2.94. The SMILES string of the molecule is CCc1ccc(-c2cc(CC(=O)Cl)c(=O)n(CC)n2)cc1. The third-order valence-corrected chi connectivity index (χ3v) is 3.47. The number of rotatable bonds is 5. The molecule has 1 aromatic heterocycles. The molecule has 0 N–H and O–H groups in total. The van der Waals surface area contributed by atoms with Crippen molar-refractivity contribution in [3.63, 3.8) is 0 Å². The van der Waals surface area contributed by atoms with Crippen LogP contribution in [0.3, 0.4) is 0 Å². The van der Waals surface area contributed by atoms with E-state index in [0.717, 1.165) is 12.0 Å². The van der Waals surface area contributed by atoms with Crippen LogP contribution in [0.5, 0.6) is 0 Å². The van der Waals surface area contributed by atoms with E-state index in [-0.39, 0.29) is 12.0 Å². The Bertz CT molecular complexity index is 705. The molecule has 1 heterocycles. The van der Waals surface area contributed by atoms with Crippen molar-refractivity contribution in [3.05, 3.63) is 51.8 Å². The fraction of sp³-hybridized carbons (Fsp3) is 0.312. The second-order valence-electron chi connectivity index (χ2n) is 4.76. The smallest absolute Gasteiger partial charge is 0.270 e. The fourth-order valence-corrected chi connectivity index (χ4v) is 2.28. The number of carbonyl (C=O) groups is 1. The summed E-state index contributed by atoms with van der Waals surface area (Å²) < 4.78 is 1.36. The number of hydrogen-bond donors (Lipinski definition) is 0. The fourth-order valence-electron chi connectivity index (χ4n) is 2.14. The summed E-state index contributed by atoms with van der Waals surface area (Å²) >= 11 is 5.41. The molecule has 0 radical (unpaired) electrons. The molecular formula is C16H17ClN2O2. The van der Waals surface area contributed by atoms with Gasteiger partial charge in [0, 0.05) is 17.7 Å². The van der Waals surface area contributed by atoms with Crippen molar-refractivity contribution in [1.29, 1.82) is 0 Å². The Kier molecular flexibility index (Phi) is 4.91. The Balaban J connectivity index is 2.51. The number of hydrogen-bond acceptors (Lipinski definition) is 3. The number of halogens is 1. The summed E-state index contributed by atoms with van der Waals surface area (Å²) in [6, 6.07) is 9.65. The van der Waals surface area contributed by atoms with Crippen molar-refractivity contribution in [2.75, 3.05) is 0 Å². The number of aryl methyl sites for hydroxylation is 2. The highest BCUT2D eigenvalue weighted by atomic mass is 35.5. The number of nitrogens with zero attached hydrogens (tertiary/aromatic N) is 2. The molecule has 1 aromatic carbocycles. The monoisotopic (exact) mass is 304 g/mol. The minimum Gasteiger partial charge on any atom is -0.281 e. The summed E-state index contributed by atoms with van der Waals surface area (Å²) in [4.78, 5) is 23.2. The summed E-state index contributed by atoms with van der Waals surface area (Å²) in [6.45, 7) is 4.38. The normalized spacial score (nSPS) is 10.6. The Morgan fingerprint density at radius 3 is 2.43 bits per heavy atom. The van der Waals surface area contributed by atoms with Crippen molar-refractivity contribution >= 4 is 16.8 Å². The molecule has 0 aliphatic rings. The maximum atomic E-state index is 12.1. The van der Waals surface area contributed by atoms with Gasteiger partial charge >= 0.3 is 0 Å². The van der Waals surface area contributed by atoms with Crippen LogP contribution in [0.4, 0.5) is 0 Å². The second-order valence-corrected chi connectivity index (χ2v) is 5.18. The first-order valence-corrected chi connectivity index (χ1v) is 7.31. The molecule has 2 rings (SSSR count). The summed E-state index contributed by atoms with van der Waals surface area (Å²) in [5.74, 6) is 0. The first-order valence-electron chi connectivity index (χ1n) is 6.93. The highest BCUT2D eigenvalue weighted by Gasteiger charge is 2.11. The molecule has 0 aliphatic heterocycles. The van der Waals surface area contributed by atoms with E-state index in [4.69, 9.17) is 11.6 Å². The Morgan fingerprint density at radius 1 is 1.24 bits per heavy atom. The topological polar surface area (TPSA) is 52.0 Å². The van der Waals surface area contributed by atoms with E-state index >= 15 is 0 Å². The summed E-state index contributed by atoms with van der Waals surface area (Å²) in [6.07, 6.45) is 0.886. The predicted molar refractivity (Wildman–Crippen MR) is 83.5 cm³/mol. The van der Waals surface area contributed by atoms with Crippen molar-refractivity contribution in [2.24, 2.45) is 0 Å². The van der Waals surface area contributed by atoms with Gasteiger partial charge in [-0.3, -0.25) is 9.59 Å². The zero-order chi connectivity index (χ0) is 15.4. The summed E-state index contributed by atoms with van der Waals surface area (Å²) in [5, 5.41) is 3.79. The van der Waals surface area contributed by atoms with E-state index < -0.39 is 5.24 Å². The highest BCUT2D eigenvalue weighted by molar-refractivity contribution is 6.63. The van der Waals surface area contributed by atoms with E-state index in [1.807, 2.05) is 31.2 Å². The van der Waals surface area contributed by atoms with Crippen molar-refractivity contribution in [2.45, 2.75) is 33.2 Å². The lowest BCUT2D eigenvalue weighted by atomic mass is 10.1. The van der Waals surface area contributed by atoms with Gasteiger partial charge in [0.25, 0.3) is 5.56 Å². The molecule has 0 unspecified atom stereocenters. The quantitative estimate of drug-likeness (QED) is 0.798. The third-order valence-electron chi connectivity index (χ3n) is 3.34. The first-order chi connectivity index (χ1) is 10.0. The van der Waals surface area contributed by atoms with Gasteiger partial charge in [0.1, 0.15) is 0 Å². The van der Waals surface area contributed by atoms with Gasteiger partial charge in [-0.15, -0.1) is 0 Å². The molecule has 0 spiro atoms. The van der Waals surface area contributed by atoms with Gasteiger partial charge in [0.05, 0.1) is 12.1 Å². The van der Waals surface area contributed by atoms with Crippen LogP contribution < -0.4 is 5.56 Å². The molecule has 0 saturated carbocycles. The molecule has 0 amide bonds. The Morgan fingerprint density at radius 2 is 1.90 bits per heavy atom. The van der Waals surface area contributed by atoms with Gasteiger partial charge in [-0.2, -0.15) is 5.10 Å². The molecule has 4 nitrogen and oxygen atoms in total. The van der Waals surface area contributed by atoms with E-state index in [9.17, 15) is 9.59 Å². The van der Waals surface area contributed by atoms with Crippen LogP contribution in [0.15, 0.2) is 35.1 Å². The van der Waals surface area contributed by atoms with Crippen LogP contribution in [-0.4, -0.2) is 15.0 Å². The molecule has 2 aromatic rings. The minimum absolute atomic E-state index is 0.0804. The molecule has 0 saturated heterocycles. The van der Waals surface area contributed by atoms with Gasteiger partial charge in [-0.25, -0.2) is 4.68 Å². The largest absolute Gasteiger partial charge is 0.281 e. The van der Waals surface area contributed by atoms with E-state index in [1.165, 1.54) is 10.2 Å². The van der Waals surface area contributed by atoms with Gasteiger partial charge in [0.15, 0.2) is 0 Å². The van der Waals surface area contributed by atoms with Crippen LogP contribution >= 0.6 is 11.6 Å². The number of aromatic nitrogens is 2. The van der Waals surface area contributed by atoms with Gasteiger partial charge in [-0.05, 0) is 36.6 Å². The predicted octanol–water partition coefficient (Wildman–Crippen LogP) is 2.80. The molecule has 5 heteroatoms. The number of carbonyl (C=O) groups excluding carboxylic acids is 1. The van der Waals surface area contributed by atoms with Crippen LogP contribution in [0.1, 0.15) is 25.0 Å². The van der Waals surface area contributed by atoms with Gasteiger partial charge in [0.2, 0.25) is 5.24 Å². The zero-order valence-corrected chi connectivity index (χ0v) is 12.9. The third kappa shape index (κ3) is 3.58. The lowest BCUT2D eigenvalue weighted by molar-refractivity contribution is -0.111. The van der Waals surface area contributed by atoms with Crippen molar-refractivity contribution in [3.8, 4) is 11.3 Å². The van der Waals surface area contributed by atoms with Crippen LogP contribution in [0.2, 0.25) is 0 Å². The molecule has 0 fully saturated rings. The lowest BCUT2D eigenvalue weighted by Gasteiger charge is -2.09. The van der Waals surface area contributed by atoms with E-state index in [0.29, 0.717) is 17.8 Å². The maximum absolute atomic E-state index is 12.1. The summed E-state index contributed by atoms with van der Waals surface area (Å²) in [7, 11) is 0. The minimum atomic E-state index is -0.548. The van der Waals surface area contributed by atoms with E-state index in [1.54, 1.807) is 6.07 Å². The van der Waals surface area contributed by atoms with Crippen LogP contribution in [-0.2, 0) is 24.2 Å². The second kappa shape index (κ2) is 6.68. The first kappa shape index (κ1) is 15.4. The van der Waals surface area contributed by atoms with Crippen molar-refractivity contribution in [1.82, 2.24) is 9.78 Å². The van der Waals surface area contributed by atoms with Crippen LogP contribution in [0, 0.1) is 0 Å². The van der Waals surface area contributed by atoms with Crippen molar-refractivity contribution < 1.29 is 4.79 Å². The lowest BCUT2D eigenvalue weighted by Crippen LogP contribution is -2.26. The van der Waals surface area contributed by atoms with Crippen LogP contribution in [0.25, 0.3) is 11.3 Å². The standard InChI is InChI=1S/C16H17ClN2O2/c1-3-11-5-7-12(8-6-11)14-9-13(10-15(17)20)16(21)19(4-2)18-14/h5-9H,3-4,10H2,1-2H3. The average Bonchev–Trinajstić information content (AvgIpc) is 2.49. The maximum Gasteiger partial charge on any atom is 0.270 e. The molecule has 110 valence electrons. The van der Waals surface area contributed by atoms with Gasteiger partial charge in [-0.1, -0.05) is 31.2 Å². The molecule has 0 atom stereocenters. The molecular weight excluding hydrogens is 288 g/mol. The van der Waals surface area contributed by atoms with E-state index in [2.05, 4.69) is 12.0 Å². The highest BCUT2D eigenvalue weighted by Crippen LogP contribution is 2.18.